The number of carbonyl (C=O) groups excluding carboxylic acids is 1. The zero-order valence-electron chi connectivity index (χ0n) is 10.3. The Morgan fingerprint density at radius 1 is 1.33 bits per heavy atom. The van der Waals surface area contributed by atoms with Crippen molar-refractivity contribution >= 4 is 27.0 Å². The molecule has 1 rings (SSSR count). The van der Waals surface area contributed by atoms with Crippen LogP contribution in [0.15, 0.2) is 24.3 Å². The lowest BCUT2D eigenvalue weighted by atomic mass is 10.3. The Hall–Kier alpha value is -1.27. The van der Waals surface area contributed by atoms with Crippen LogP contribution in [-0.4, -0.2) is 27.8 Å². The third-order valence-corrected chi connectivity index (χ3v) is 3.08. The topological polar surface area (TPSA) is 55.8 Å². The lowest BCUT2D eigenvalue weighted by Gasteiger charge is -2.16. The molecular formula is C11H14ClNO4S. The van der Waals surface area contributed by atoms with Crippen molar-refractivity contribution in [2.45, 2.75) is 20.0 Å². The zero-order chi connectivity index (χ0) is 13.7. The SMILES string of the molecule is CC(C)Oc1ccccc1OC(=O)N(C)S(=O)Cl. The van der Waals surface area contributed by atoms with Crippen molar-refractivity contribution in [1.82, 2.24) is 4.31 Å². The highest BCUT2D eigenvalue weighted by Gasteiger charge is 2.18. The molecule has 7 heteroatoms. The standard InChI is InChI=1S/C11H14ClNO4S/c1-8(2)16-9-6-4-5-7-10(9)17-11(14)13(3)18(12)15/h4-8H,1-3H3. The van der Waals surface area contributed by atoms with Gasteiger partial charge in [-0.15, -0.1) is 0 Å². The first kappa shape index (κ1) is 14.8. The molecule has 1 amide bonds. The van der Waals surface area contributed by atoms with Gasteiger partial charge >= 0.3 is 6.09 Å². The molecule has 0 saturated carbocycles. The van der Waals surface area contributed by atoms with E-state index in [4.69, 9.17) is 20.2 Å². The van der Waals surface area contributed by atoms with E-state index in [-0.39, 0.29) is 11.9 Å². The first-order valence-electron chi connectivity index (χ1n) is 5.21. The van der Waals surface area contributed by atoms with Gasteiger partial charge in [0.05, 0.1) is 6.10 Å². The maximum absolute atomic E-state index is 11.6. The summed E-state index contributed by atoms with van der Waals surface area (Å²) in [7, 11) is 4.61. The van der Waals surface area contributed by atoms with E-state index < -0.39 is 16.3 Å². The highest BCUT2D eigenvalue weighted by atomic mass is 35.7. The molecule has 0 aliphatic rings. The molecule has 1 unspecified atom stereocenters. The van der Waals surface area contributed by atoms with Crippen LogP contribution in [0.5, 0.6) is 11.5 Å². The summed E-state index contributed by atoms with van der Waals surface area (Å²) < 4.78 is 22.2. The minimum atomic E-state index is -1.94. The molecule has 0 aliphatic heterocycles. The monoisotopic (exact) mass is 291 g/mol. The number of carbonyl (C=O) groups is 1. The van der Waals surface area contributed by atoms with E-state index in [0.29, 0.717) is 5.75 Å². The first-order chi connectivity index (χ1) is 8.41. The number of amides is 1. The van der Waals surface area contributed by atoms with Crippen molar-refractivity contribution in [3.8, 4) is 11.5 Å². The summed E-state index contributed by atoms with van der Waals surface area (Å²) in [5.74, 6) is 0.694. The van der Waals surface area contributed by atoms with E-state index >= 15 is 0 Å². The van der Waals surface area contributed by atoms with Gasteiger partial charge in [-0.05, 0) is 26.0 Å². The summed E-state index contributed by atoms with van der Waals surface area (Å²) in [6.07, 6.45) is -0.868. The molecule has 0 N–H and O–H groups in total. The van der Waals surface area contributed by atoms with Gasteiger partial charge in [-0.25, -0.2) is 13.3 Å². The molecule has 100 valence electrons. The predicted octanol–water partition coefficient (Wildman–Crippen LogP) is 2.72. The summed E-state index contributed by atoms with van der Waals surface area (Å²) >= 11 is 0. The molecule has 0 radical (unpaired) electrons. The zero-order valence-corrected chi connectivity index (χ0v) is 11.8. The number of nitrogens with zero attached hydrogens (tertiary/aromatic N) is 1. The molecule has 1 aromatic rings. The molecule has 1 atom stereocenters. The minimum Gasteiger partial charge on any atom is -0.487 e. The average Bonchev–Trinajstić information content (AvgIpc) is 2.29. The molecule has 5 nitrogen and oxygen atoms in total. The van der Waals surface area contributed by atoms with Gasteiger partial charge in [-0.2, -0.15) is 0 Å². The molecule has 0 heterocycles. The lowest BCUT2D eigenvalue weighted by Crippen LogP contribution is -2.29. The van der Waals surface area contributed by atoms with Crippen LogP contribution in [0, 0.1) is 0 Å². The van der Waals surface area contributed by atoms with E-state index in [1.807, 2.05) is 13.8 Å². The van der Waals surface area contributed by atoms with Crippen molar-refractivity contribution in [3.63, 3.8) is 0 Å². The van der Waals surface area contributed by atoms with Gasteiger partial charge in [0.15, 0.2) is 11.5 Å². The second-order valence-electron chi connectivity index (χ2n) is 3.69. The van der Waals surface area contributed by atoms with Crippen LogP contribution in [0.25, 0.3) is 0 Å². The Morgan fingerprint density at radius 3 is 2.39 bits per heavy atom. The Balaban J connectivity index is 2.84. The van der Waals surface area contributed by atoms with Crippen molar-refractivity contribution < 1.29 is 18.5 Å². The van der Waals surface area contributed by atoms with E-state index in [9.17, 15) is 9.00 Å². The van der Waals surface area contributed by atoms with Gasteiger partial charge in [-0.3, -0.25) is 0 Å². The fourth-order valence-electron chi connectivity index (χ4n) is 1.10. The summed E-state index contributed by atoms with van der Waals surface area (Å²) in [4.78, 5) is 11.6. The van der Waals surface area contributed by atoms with Gasteiger partial charge in [0.1, 0.15) is 0 Å². The summed E-state index contributed by atoms with van der Waals surface area (Å²) in [5.41, 5.74) is 0. The Kier molecular flexibility index (Phi) is 5.43. The van der Waals surface area contributed by atoms with Crippen molar-refractivity contribution in [3.05, 3.63) is 24.3 Å². The Labute approximate surface area is 113 Å². The summed E-state index contributed by atoms with van der Waals surface area (Å²) in [5, 5.41) is 0. The normalized spacial score (nSPS) is 12.1. The van der Waals surface area contributed by atoms with Gasteiger partial charge in [0.2, 0.25) is 10.2 Å². The maximum atomic E-state index is 11.6. The molecular weight excluding hydrogens is 278 g/mol. The highest BCUT2D eigenvalue weighted by molar-refractivity contribution is 8.06. The van der Waals surface area contributed by atoms with Gasteiger partial charge in [0.25, 0.3) is 0 Å². The number of para-hydroxylation sites is 2. The number of benzene rings is 1. The molecule has 1 aromatic carbocycles. The molecule has 0 saturated heterocycles. The molecule has 0 aromatic heterocycles. The Bertz CT molecular complexity index is 452. The number of rotatable bonds is 4. The smallest absolute Gasteiger partial charge is 0.428 e. The van der Waals surface area contributed by atoms with Crippen LogP contribution in [0.4, 0.5) is 4.79 Å². The highest BCUT2D eigenvalue weighted by Crippen LogP contribution is 2.28. The second kappa shape index (κ2) is 6.61. The van der Waals surface area contributed by atoms with Gasteiger partial charge < -0.3 is 9.47 Å². The van der Waals surface area contributed by atoms with Crippen LogP contribution in [0.1, 0.15) is 13.8 Å². The predicted molar refractivity (Wildman–Crippen MR) is 70.0 cm³/mol. The van der Waals surface area contributed by atoms with Crippen LogP contribution in [0.3, 0.4) is 0 Å². The second-order valence-corrected chi connectivity index (χ2v) is 5.44. The van der Waals surface area contributed by atoms with E-state index in [0.717, 1.165) is 4.31 Å². The molecule has 0 spiro atoms. The number of hydrogen-bond donors (Lipinski definition) is 0. The third-order valence-electron chi connectivity index (χ3n) is 1.88. The number of ether oxygens (including phenoxy) is 2. The third kappa shape index (κ3) is 4.19. The van der Waals surface area contributed by atoms with E-state index in [1.165, 1.54) is 7.05 Å². The summed E-state index contributed by atoms with van der Waals surface area (Å²) in [6.45, 7) is 3.72. The average molecular weight is 292 g/mol. The van der Waals surface area contributed by atoms with Crippen molar-refractivity contribution in [1.29, 1.82) is 0 Å². The lowest BCUT2D eigenvalue weighted by molar-refractivity contribution is 0.179. The number of halogens is 1. The van der Waals surface area contributed by atoms with Crippen molar-refractivity contribution in [2.24, 2.45) is 0 Å². The maximum Gasteiger partial charge on any atom is 0.428 e. The fraction of sp³-hybridized carbons (Fsp3) is 0.364. The quantitative estimate of drug-likeness (QED) is 0.801. The van der Waals surface area contributed by atoms with Crippen LogP contribution in [-0.2, 0) is 10.2 Å². The van der Waals surface area contributed by atoms with Crippen LogP contribution in [0.2, 0.25) is 0 Å². The fourth-order valence-corrected chi connectivity index (χ4v) is 1.43. The molecule has 0 bridgehead atoms. The Morgan fingerprint density at radius 2 is 1.89 bits per heavy atom. The van der Waals surface area contributed by atoms with Crippen LogP contribution >= 0.6 is 10.7 Å². The minimum absolute atomic E-state index is 0.0512. The van der Waals surface area contributed by atoms with E-state index in [2.05, 4.69) is 0 Å². The van der Waals surface area contributed by atoms with Gasteiger partial charge in [-0.1, -0.05) is 12.1 Å². The largest absolute Gasteiger partial charge is 0.487 e. The number of hydrogen-bond acceptors (Lipinski definition) is 4. The summed E-state index contributed by atoms with van der Waals surface area (Å²) in [6, 6.07) is 6.73. The van der Waals surface area contributed by atoms with Gasteiger partial charge in [0, 0.05) is 17.7 Å². The van der Waals surface area contributed by atoms with Crippen LogP contribution < -0.4 is 9.47 Å². The first-order valence-corrected chi connectivity index (χ1v) is 7.14. The van der Waals surface area contributed by atoms with E-state index in [1.54, 1.807) is 24.3 Å². The molecule has 0 aliphatic carbocycles. The van der Waals surface area contributed by atoms with Crippen molar-refractivity contribution in [2.75, 3.05) is 7.05 Å². The molecule has 18 heavy (non-hydrogen) atoms. The molecule has 0 fully saturated rings.